The molecule has 0 N–H and O–H groups in total. The van der Waals surface area contributed by atoms with Crippen LogP contribution in [0.15, 0.2) is 18.2 Å². The third kappa shape index (κ3) is 2.84. The quantitative estimate of drug-likeness (QED) is 0.762. The normalized spacial score (nSPS) is 10.3. The Labute approximate surface area is 134 Å². The first-order chi connectivity index (χ1) is 11.1. The second-order valence-electron chi connectivity index (χ2n) is 4.60. The van der Waals surface area contributed by atoms with Crippen molar-refractivity contribution in [3.05, 3.63) is 23.8 Å². The van der Waals surface area contributed by atoms with Gasteiger partial charge in [-0.25, -0.2) is 4.79 Å². The van der Waals surface area contributed by atoms with E-state index in [1.54, 1.807) is 39.3 Å². The van der Waals surface area contributed by atoms with Crippen LogP contribution in [0.1, 0.15) is 17.3 Å². The summed E-state index contributed by atoms with van der Waals surface area (Å²) in [4.78, 5) is 12.3. The van der Waals surface area contributed by atoms with Gasteiger partial charge in [-0.2, -0.15) is 0 Å². The van der Waals surface area contributed by atoms with Crippen LogP contribution in [-0.2, 0) is 4.74 Å². The van der Waals surface area contributed by atoms with Gasteiger partial charge in [-0.1, -0.05) is 0 Å². The van der Waals surface area contributed by atoms with Gasteiger partial charge in [0.2, 0.25) is 0 Å². The van der Waals surface area contributed by atoms with Crippen molar-refractivity contribution < 1.29 is 28.5 Å². The molecular formula is C17H20O6. The highest BCUT2D eigenvalue weighted by atomic mass is 16.5. The standard InChI is InChI=1S/C17H20O6/c1-6-23-17(18)10-9-13(21-4)14-11(19-2)7-8-12(20-3)15(14)16(10)22-5/h7-9H,6H2,1-5H3. The van der Waals surface area contributed by atoms with Crippen LogP contribution in [0.3, 0.4) is 0 Å². The first-order valence-corrected chi connectivity index (χ1v) is 7.09. The van der Waals surface area contributed by atoms with Crippen molar-refractivity contribution in [1.82, 2.24) is 0 Å². The molecule has 0 spiro atoms. The van der Waals surface area contributed by atoms with Gasteiger partial charge in [0.15, 0.2) is 0 Å². The van der Waals surface area contributed by atoms with Gasteiger partial charge in [-0.3, -0.25) is 0 Å². The number of carbonyl (C=O) groups excluding carboxylic acids is 1. The number of fused-ring (bicyclic) bond motifs is 1. The number of esters is 1. The van der Waals surface area contributed by atoms with E-state index in [1.807, 2.05) is 0 Å². The van der Waals surface area contributed by atoms with Crippen LogP contribution in [0.4, 0.5) is 0 Å². The molecule has 0 atom stereocenters. The minimum Gasteiger partial charge on any atom is -0.496 e. The Morgan fingerprint density at radius 3 is 1.91 bits per heavy atom. The van der Waals surface area contributed by atoms with Gasteiger partial charge in [-0.05, 0) is 25.1 Å². The van der Waals surface area contributed by atoms with Crippen molar-refractivity contribution in [3.63, 3.8) is 0 Å². The second kappa shape index (κ2) is 7.09. The molecule has 6 heteroatoms. The molecule has 0 aromatic heterocycles. The summed E-state index contributed by atoms with van der Waals surface area (Å²) in [6, 6.07) is 5.10. The van der Waals surface area contributed by atoms with Crippen LogP contribution in [0, 0.1) is 0 Å². The molecule has 6 nitrogen and oxygen atoms in total. The van der Waals surface area contributed by atoms with Gasteiger partial charge in [0, 0.05) is 0 Å². The van der Waals surface area contributed by atoms with Crippen molar-refractivity contribution in [2.75, 3.05) is 35.0 Å². The van der Waals surface area contributed by atoms with Gasteiger partial charge >= 0.3 is 5.97 Å². The Kier molecular flexibility index (Phi) is 5.16. The first-order valence-electron chi connectivity index (χ1n) is 7.09. The minimum atomic E-state index is -0.491. The lowest BCUT2D eigenvalue weighted by Crippen LogP contribution is -2.08. The number of methoxy groups -OCH3 is 4. The van der Waals surface area contributed by atoms with E-state index in [0.717, 1.165) is 0 Å². The summed E-state index contributed by atoms with van der Waals surface area (Å²) in [7, 11) is 6.12. The third-order valence-electron chi connectivity index (χ3n) is 3.48. The van der Waals surface area contributed by atoms with Crippen molar-refractivity contribution >= 4 is 16.7 Å². The Morgan fingerprint density at radius 2 is 1.43 bits per heavy atom. The summed E-state index contributed by atoms with van der Waals surface area (Å²) in [6.07, 6.45) is 0. The monoisotopic (exact) mass is 320 g/mol. The molecule has 0 radical (unpaired) electrons. The molecule has 0 amide bonds. The molecule has 2 aromatic rings. The number of rotatable bonds is 6. The van der Waals surface area contributed by atoms with Crippen molar-refractivity contribution in [1.29, 1.82) is 0 Å². The summed E-state index contributed by atoms with van der Waals surface area (Å²) in [5.41, 5.74) is 0.269. The molecule has 0 aliphatic carbocycles. The van der Waals surface area contributed by atoms with E-state index < -0.39 is 5.97 Å². The zero-order valence-electron chi connectivity index (χ0n) is 13.9. The largest absolute Gasteiger partial charge is 0.496 e. The van der Waals surface area contributed by atoms with Crippen LogP contribution in [-0.4, -0.2) is 41.0 Å². The average molecular weight is 320 g/mol. The van der Waals surface area contributed by atoms with E-state index >= 15 is 0 Å². The smallest absolute Gasteiger partial charge is 0.342 e. The zero-order valence-corrected chi connectivity index (χ0v) is 13.9. The molecule has 0 bridgehead atoms. The lowest BCUT2D eigenvalue weighted by Gasteiger charge is -2.18. The fourth-order valence-corrected chi connectivity index (χ4v) is 2.51. The van der Waals surface area contributed by atoms with Gasteiger partial charge in [-0.15, -0.1) is 0 Å². The number of ether oxygens (including phenoxy) is 5. The molecular weight excluding hydrogens is 300 g/mol. The predicted octanol–water partition coefficient (Wildman–Crippen LogP) is 3.05. The van der Waals surface area contributed by atoms with E-state index in [2.05, 4.69) is 0 Å². The Bertz CT molecular complexity index is 723. The van der Waals surface area contributed by atoms with Gasteiger partial charge in [0.1, 0.15) is 28.6 Å². The first kappa shape index (κ1) is 16.7. The van der Waals surface area contributed by atoms with E-state index in [9.17, 15) is 4.79 Å². The maximum Gasteiger partial charge on any atom is 0.342 e. The Hall–Kier alpha value is -2.63. The van der Waals surface area contributed by atoms with Crippen LogP contribution in [0.2, 0.25) is 0 Å². The SMILES string of the molecule is CCOC(=O)c1cc(OC)c2c(OC)ccc(OC)c2c1OC. The summed E-state index contributed by atoms with van der Waals surface area (Å²) in [5.74, 6) is 1.47. The number of hydrogen-bond acceptors (Lipinski definition) is 6. The lowest BCUT2D eigenvalue weighted by atomic mass is 10.0. The maximum absolute atomic E-state index is 12.3. The molecule has 0 heterocycles. The topological polar surface area (TPSA) is 63.2 Å². The Balaban J connectivity index is 2.94. The van der Waals surface area contributed by atoms with E-state index in [0.29, 0.717) is 33.8 Å². The second-order valence-corrected chi connectivity index (χ2v) is 4.60. The van der Waals surface area contributed by atoms with Crippen LogP contribution in [0.25, 0.3) is 10.8 Å². The van der Waals surface area contributed by atoms with Crippen LogP contribution >= 0.6 is 0 Å². The summed E-state index contributed by atoms with van der Waals surface area (Å²) >= 11 is 0. The van der Waals surface area contributed by atoms with E-state index in [1.165, 1.54) is 14.2 Å². The molecule has 0 saturated heterocycles. The fourth-order valence-electron chi connectivity index (χ4n) is 2.51. The third-order valence-corrected chi connectivity index (χ3v) is 3.48. The highest BCUT2D eigenvalue weighted by molar-refractivity contribution is 6.08. The molecule has 2 aromatic carbocycles. The molecule has 0 aliphatic rings. The summed E-state index contributed by atoms with van der Waals surface area (Å²) in [6.45, 7) is 2.00. The molecule has 124 valence electrons. The molecule has 23 heavy (non-hydrogen) atoms. The maximum atomic E-state index is 12.3. The van der Waals surface area contributed by atoms with Gasteiger partial charge in [0.05, 0.1) is 45.8 Å². The zero-order chi connectivity index (χ0) is 17.0. The number of carbonyl (C=O) groups is 1. The molecule has 0 saturated carbocycles. The predicted molar refractivity (Wildman–Crippen MR) is 86.1 cm³/mol. The minimum absolute atomic E-state index is 0.261. The molecule has 2 rings (SSSR count). The van der Waals surface area contributed by atoms with Crippen molar-refractivity contribution in [2.24, 2.45) is 0 Å². The Morgan fingerprint density at radius 1 is 0.870 bits per heavy atom. The van der Waals surface area contributed by atoms with Gasteiger partial charge < -0.3 is 23.7 Å². The fraction of sp³-hybridized carbons (Fsp3) is 0.353. The molecule has 0 fully saturated rings. The van der Waals surface area contributed by atoms with Crippen LogP contribution in [0.5, 0.6) is 23.0 Å². The van der Waals surface area contributed by atoms with E-state index in [4.69, 9.17) is 23.7 Å². The van der Waals surface area contributed by atoms with Crippen molar-refractivity contribution in [3.8, 4) is 23.0 Å². The van der Waals surface area contributed by atoms with E-state index in [-0.39, 0.29) is 12.2 Å². The van der Waals surface area contributed by atoms with Gasteiger partial charge in [0.25, 0.3) is 0 Å². The molecule has 0 aliphatic heterocycles. The summed E-state index contributed by atoms with van der Waals surface area (Å²) < 4.78 is 26.8. The van der Waals surface area contributed by atoms with Crippen LogP contribution < -0.4 is 18.9 Å². The number of benzene rings is 2. The number of hydrogen-bond donors (Lipinski definition) is 0. The highest BCUT2D eigenvalue weighted by Crippen LogP contribution is 2.46. The summed E-state index contributed by atoms with van der Waals surface area (Å²) in [5, 5.41) is 1.26. The highest BCUT2D eigenvalue weighted by Gasteiger charge is 2.24. The molecule has 0 unspecified atom stereocenters. The van der Waals surface area contributed by atoms with Crippen molar-refractivity contribution in [2.45, 2.75) is 6.92 Å². The average Bonchev–Trinajstić information content (AvgIpc) is 2.59. The lowest BCUT2D eigenvalue weighted by molar-refractivity contribution is 0.0522.